The maximum atomic E-state index is 3.60. The summed E-state index contributed by atoms with van der Waals surface area (Å²) in [6.07, 6.45) is 2.24. The fourth-order valence-corrected chi connectivity index (χ4v) is 3.10. The number of nitrogens with one attached hydrogen (secondary N) is 1. The molecule has 0 fully saturated rings. The summed E-state index contributed by atoms with van der Waals surface area (Å²) in [5.41, 5.74) is 1.41. The van der Waals surface area contributed by atoms with E-state index in [0.29, 0.717) is 6.04 Å². The summed E-state index contributed by atoms with van der Waals surface area (Å²) in [5.74, 6) is 0. The number of hydrogen-bond donors (Lipinski definition) is 1. The number of thiophene rings is 1. The third kappa shape index (κ3) is 4.28. The van der Waals surface area contributed by atoms with Gasteiger partial charge in [0.25, 0.3) is 0 Å². The molecule has 1 nitrogen and oxygen atoms in total. The number of hydrogen-bond acceptors (Lipinski definition) is 2. The van der Waals surface area contributed by atoms with Gasteiger partial charge in [0.15, 0.2) is 0 Å². The SMILES string of the molecule is Cc1ccc(CC(C)NCCc2ccccc2)s1. The first-order valence-electron chi connectivity index (χ1n) is 6.56. The van der Waals surface area contributed by atoms with Crippen molar-refractivity contribution in [1.82, 2.24) is 5.32 Å². The Kier molecular flexibility index (Phi) is 4.97. The molecular weight excluding hydrogens is 238 g/mol. The molecule has 0 amide bonds. The Labute approximate surface area is 114 Å². The molecule has 0 spiro atoms. The molecule has 1 unspecified atom stereocenters. The molecular formula is C16H21NS. The standard InChI is InChI=1S/C16H21NS/c1-13(12-16-9-8-14(2)18-16)17-11-10-15-6-4-3-5-7-15/h3-9,13,17H,10-12H2,1-2H3. The summed E-state index contributed by atoms with van der Waals surface area (Å²) in [4.78, 5) is 2.88. The van der Waals surface area contributed by atoms with E-state index in [9.17, 15) is 0 Å². The summed E-state index contributed by atoms with van der Waals surface area (Å²) in [6.45, 7) is 5.48. The highest BCUT2D eigenvalue weighted by Crippen LogP contribution is 2.16. The average Bonchev–Trinajstić information content (AvgIpc) is 2.76. The number of benzene rings is 1. The van der Waals surface area contributed by atoms with Gasteiger partial charge in [-0.05, 0) is 50.9 Å². The van der Waals surface area contributed by atoms with Crippen LogP contribution in [0.3, 0.4) is 0 Å². The molecule has 1 aromatic carbocycles. The molecule has 0 saturated carbocycles. The highest BCUT2D eigenvalue weighted by atomic mass is 32.1. The second-order valence-electron chi connectivity index (χ2n) is 4.81. The summed E-state index contributed by atoms with van der Waals surface area (Å²) in [7, 11) is 0. The average molecular weight is 259 g/mol. The van der Waals surface area contributed by atoms with Crippen molar-refractivity contribution >= 4 is 11.3 Å². The summed E-state index contributed by atoms with van der Waals surface area (Å²) in [5, 5.41) is 3.60. The molecule has 0 bridgehead atoms. The highest BCUT2D eigenvalue weighted by molar-refractivity contribution is 7.11. The molecule has 1 atom stereocenters. The zero-order chi connectivity index (χ0) is 12.8. The largest absolute Gasteiger partial charge is 0.314 e. The molecule has 2 rings (SSSR count). The summed E-state index contributed by atoms with van der Waals surface area (Å²) < 4.78 is 0. The van der Waals surface area contributed by atoms with E-state index in [1.165, 1.54) is 15.3 Å². The van der Waals surface area contributed by atoms with E-state index in [4.69, 9.17) is 0 Å². The van der Waals surface area contributed by atoms with Crippen LogP contribution in [0.1, 0.15) is 22.2 Å². The zero-order valence-corrected chi connectivity index (χ0v) is 12.0. The Hall–Kier alpha value is -1.12. The van der Waals surface area contributed by atoms with Crippen LogP contribution >= 0.6 is 11.3 Å². The van der Waals surface area contributed by atoms with Crippen LogP contribution in [0.4, 0.5) is 0 Å². The van der Waals surface area contributed by atoms with Crippen LogP contribution in [-0.2, 0) is 12.8 Å². The van der Waals surface area contributed by atoms with Crippen LogP contribution in [0.15, 0.2) is 42.5 Å². The Balaban J connectivity index is 1.70. The third-order valence-electron chi connectivity index (χ3n) is 3.05. The zero-order valence-electron chi connectivity index (χ0n) is 11.1. The molecule has 96 valence electrons. The first-order valence-corrected chi connectivity index (χ1v) is 7.38. The molecule has 0 aliphatic heterocycles. The van der Waals surface area contributed by atoms with E-state index >= 15 is 0 Å². The fourth-order valence-electron chi connectivity index (χ4n) is 2.08. The molecule has 0 aliphatic rings. The Morgan fingerprint density at radius 2 is 1.89 bits per heavy atom. The first kappa shape index (κ1) is 13.3. The summed E-state index contributed by atoms with van der Waals surface area (Å²) in [6, 6.07) is 15.7. The van der Waals surface area contributed by atoms with Gasteiger partial charge in [0.2, 0.25) is 0 Å². The third-order valence-corrected chi connectivity index (χ3v) is 4.08. The van der Waals surface area contributed by atoms with E-state index in [2.05, 4.69) is 61.6 Å². The molecule has 1 aromatic heterocycles. The summed E-state index contributed by atoms with van der Waals surface area (Å²) >= 11 is 1.91. The van der Waals surface area contributed by atoms with Crippen LogP contribution in [0.2, 0.25) is 0 Å². The van der Waals surface area contributed by atoms with Gasteiger partial charge < -0.3 is 5.32 Å². The lowest BCUT2D eigenvalue weighted by molar-refractivity contribution is 0.551. The van der Waals surface area contributed by atoms with Crippen LogP contribution in [0, 0.1) is 6.92 Å². The quantitative estimate of drug-likeness (QED) is 0.831. The van der Waals surface area contributed by atoms with E-state index in [1.807, 2.05) is 11.3 Å². The molecule has 1 heterocycles. The lowest BCUT2D eigenvalue weighted by Gasteiger charge is -2.12. The van der Waals surface area contributed by atoms with Crippen molar-refractivity contribution in [2.75, 3.05) is 6.54 Å². The van der Waals surface area contributed by atoms with Gasteiger partial charge in [0.05, 0.1) is 0 Å². The second-order valence-corrected chi connectivity index (χ2v) is 6.18. The Bertz CT molecular complexity index is 461. The van der Waals surface area contributed by atoms with Gasteiger partial charge in [-0.15, -0.1) is 11.3 Å². The lowest BCUT2D eigenvalue weighted by Crippen LogP contribution is -2.29. The normalized spacial score (nSPS) is 12.6. The molecule has 0 aliphatic carbocycles. The van der Waals surface area contributed by atoms with Crippen molar-refractivity contribution in [3.63, 3.8) is 0 Å². The predicted octanol–water partition coefficient (Wildman–Crippen LogP) is 3.82. The molecule has 0 saturated heterocycles. The van der Waals surface area contributed by atoms with Gasteiger partial charge in [0, 0.05) is 15.8 Å². The lowest BCUT2D eigenvalue weighted by atomic mass is 10.1. The van der Waals surface area contributed by atoms with E-state index in [1.54, 1.807) is 0 Å². The van der Waals surface area contributed by atoms with Crippen molar-refractivity contribution in [3.05, 3.63) is 57.8 Å². The Morgan fingerprint density at radius 3 is 2.56 bits per heavy atom. The Morgan fingerprint density at radius 1 is 1.11 bits per heavy atom. The topological polar surface area (TPSA) is 12.0 Å². The molecule has 2 heteroatoms. The second kappa shape index (κ2) is 6.72. The van der Waals surface area contributed by atoms with Gasteiger partial charge in [0.1, 0.15) is 0 Å². The monoisotopic (exact) mass is 259 g/mol. The highest BCUT2D eigenvalue weighted by Gasteiger charge is 2.04. The maximum Gasteiger partial charge on any atom is 0.00871 e. The predicted molar refractivity (Wildman–Crippen MR) is 80.4 cm³/mol. The molecule has 2 aromatic rings. The first-order chi connectivity index (χ1) is 8.74. The van der Waals surface area contributed by atoms with Crippen LogP contribution in [0.25, 0.3) is 0 Å². The minimum absolute atomic E-state index is 0.548. The minimum Gasteiger partial charge on any atom is -0.314 e. The van der Waals surface area contributed by atoms with E-state index < -0.39 is 0 Å². The van der Waals surface area contributed by atoms with Crippen LogP contribution in [0.5, 0.6) is 0 Å². The van der Waals surface area contributed by atoms with E-state index in [0.717, 1.165) is 19.4 Å². The van der Waals surface area contributed by atoms with Crippen molar-refractivity contribution < 1.29 is 0 Å². The van der Waals surface area contributed by atoms with Crippen molar-refractivity contribution in [1.29, 1.82) is 0 Å². The van der Waals surface area contributed by atoms with Gasteiger partial charge in [-0.2, -0.15) is 0 Å². The van der Waals surface area contributed by atoms with Crippen molar-refractivity contribution in [2.45, 2.75) is 32.7 Å². The van der Waals surface area contributed by atoms with Crippen LogP contribution < -0.4 is 5.32 Å². The van der Waals surface area contributed by atoms with Crippen LogP contribution in [-0.4, -0.2) is 12.6 Å². The van der Waals surface area contributed by atoms with Gasteiger partial charge in [-0.3, -0.25) is 0 Å². The van der Waals surface area contributed by atoms with Crippen molar-refractivity contribution in [3.8, 4) is 0 Å². The van der Waals surface area contributed by atoms with E-state index in [-0.39, 0.29) is 0 Å². The minimum atomic E-state index is 0.548. The smallest absolute Gasteiger partial charge is 0.00871 e. The number of rotatable bonds is 6. The van der Waals surface area contributed by atoms with Gasteiger partial charge in [-0.1, -0.05) is 30.3 Å². The van der Waals surface area contributed by atoms with Crippen molar-refractivity contribution in [2.24, 2.45) is 0 Å². The maximum absolute atomic E-state index is 3.60. The van der Waals surface area contributed by atoms with Gasteiger partial charge in [-0.25, -0.2) is 0 Å². The number of aryl methyl sites for hydroxylation is 1. The van der Waals surface area contributed by atoms with Gasteiger partial charge >= 0.3 is 0 Å². The molecule has 18 heavy (non-hydrogen) atoms. The molecule has 1 N–H and O–H groups in total. The fraction of sp³-hybridized carbons (Fsp3) is 0.375. The molecule has 0 radical (unpaired) electrons.